The normalized spacial score (nSPS) is 12.3. The van der Waals surface area contributed by atoms with Crippen LogP contribution in [0.25, 0.3) is 10.9 Å². The highest BCUT2D eigenvalue weighted by atomic mass is 35.5. The first-order valence-corrected chi connectivity index (χ1v) is 5.38. The maximum atomic E-state index is 6.12. The van der Waals surface area contributed by atoms with Crippen molar-refractivity contribution in [3.63, 3.8) is 0 Å². The molecule has 0 atom stereocenters. The topological polar surface area (TPSA) is 17.8 Å². The molecule has 0 aliphatic heterocycles. The monoisotopic (exact) mass is 222 g/mol. The van der Waals surface area contributed by atoms with E-state index in [4.69, 9.17) is 11.6 Å². The van der Waals surface area contributed by atoms with Crippen molar-refractivity contribution in [2.45, 2.75) is 26.2 Å². The third-order valence-electron chi connectivity index (χ3n) is 2.69. The molecule has 0 saturated carbocycles. The highest BCUT2D eigenvalue weighted by Gasteiger charge is 2.19. The molecule has 0 aliphatic rings. The molecular weight excluding hydrogens is 208 g/mol. The highest BCUT2D eigenvalue weighted by Crippen LogP contribution is 2.31. The van der Waals surface area contributed by atoms with E-state index in [1.807, 2.05) is 6.20 Å². The molecule has 15 heavy (non-hydrogen) atoms. The molecule has 0 N–H and O–H groups in total. The van der Waals surface area contributed by atoms with E-state index in [2.05, 4.69) is 43.4 Å². The number of nitrogens with zero attached hydrogens (tertiary/aromatic N) is 2. The number of hydrogen-bond donors (Lipinski definition) is 0. The molecule has 80 valence electrons. The van der Waals surface area contributed by atoms with E-state index in [9.17, 15) is 0 Å². The van der Waals surface area contributed by atoms with E-state index < -0.39 is 0 Å². The van der Waals surface area contributed by atoms with E-state index in [-0.39, 0.29) is 5.41 Å². The fraction of sp³-hybridized carbons (Fsp3) is 0.417. The average Bonchev–Trinajstić information content (AvgIpc) is 2.45. The van der Waals surface area contributed by atoms with Crippen molar-refractivity contribution in [3.05, 3.63) is 29.2 Å². The smallest absolute Gasteiger partial charge is 0.0683 e. The molecule has 2 heterocycles. The summed E-state index contributed by atoms with van der Waals surface area (Å²) in [7, 11) is 2.06. The SMILES string of the molecule is Cn1c(C(C)(C)C)cc2c(Cl)cncc21. The summed E-state index contributed by atoms with van der Waals surface area (Å²) in [6, 6.07) is 2.15. The van der Waals surface area contributed by atoms with E-state index >= 15 is 0 Å². The van der Waals surface area contributed by atoms with Gasteiger partial charge in [0.15, 0.2) is 0 Å². The Morgan fingerprint density at radius 2 is 1.93 bits per heavy atom. The van der Waals surface area contributed by atoms with Crippen LogP contribution in [0.4, 0.5) is 0 Å². The van der Waals surface area contributed by atoms with Crippen molar-refractivity contribution in [1.29, 1.82) is 0 Å². The third-order valence-corrected chi connectivity index (χ3v) is 2.99. The van der Waals surface area contributed by atoms with Crippen LogP contribution in [0, 0.1) is 0 Å². The van der Waals surface area contributed by atoms with Crippen molar-refractivity contribution >= 4 is 22.5 Å². The predicted octanol–water partition coefficient (Wildman–Crippen LogP) is 3.52. The van der Waals surface area contributed by atoms with Crippen molar-refractivity contribution in [1.82, 2.24) is 9.55 Å². The van der Waals surface area contributed by atoms with Crippen LogP contribution < -0.4 is 0 Å². The molecule has 0 spiro atoms. The Labute approximate surface area is 94.9 Å². The summed E-state index contributed by atoms with van der Waals surface area (Å²) in [5.41, 5.74) is 2.48. The number of fused-ring (bicyclic) bond motifs is 1. The van der Waals surface area contributed by atoms with Crippen LogP contribution in [0.3, 0.4) is 0 Å². The van der Waals surface area contributed by atoms with Crippen molar-refractivity contribution in [2.75, 3.05) is 0 Å². The Hall–Kier alpha value is -1.02. The summed E-state index contributed by atoms with van der Waals surface area (Å²) in [5.74, 6) is 0. The second kappa shape index (κ2) is 3.24. The summed E-state index contributed by atoms with van der Waals surface area (Å²) >= 11 is 6.12. The first-order valence-electron chi connectivity index (χ1n) is 5.00. The summed E-state index contributed by atoms with van der Waals surface area (Å²) in [5, 5.41) is 1.80. The Morgan fingerprint density at radius 3 is 2.47 bits per heavy atom. The van der Waals surface area contributed by atoms with Gasteiger partial charge in [-0.2, -0.15) is 0 Å². The predicted molar refractivity (Wildman–Crippen MR) is 64.4 cm³/mol. The van der Waals surface area contributed by atoms with Crippen LogP contribution >= 0.6 is 11.6 Å². The van der Waals surface area contributed by atoms with Crippen LogP contribution in [-0.4, -0.2) is 9.55 Å². The summed E-state index contributed by atoms with van der Waals surface area (Å²) in [4.78, 5) is 4.12. The molecule has 2 aromatic heterocycles. The standard InChI is InChI=1S/C12H15ClN2/c1-12(2,3)11-5-8-9(13)6-14-7-10(8)15(11)4/h5-7H,1-4H3. The quantitative estimate of drug-likeness (QED) is 0.667. The van der Waals surface area contributed by atoms with Gasteiger partial charge in [0.2, 0.25) is 0 Å². The zero-order valence-corrected chi connectivity index (χ0v) is 10.3. The zero-order valence-electron chi connectivity index (χ0n) is 9.50. The molecular formula is C12H15ClN2. The van der Waals surface area contributed by atoms with Gasteiger partial charge in [0.25, 0.3) is 0 Å². The fourth-order valence-electron chi connectivity index (χ4n) is 1.93. The Kier molecular flexibility index (Phi) is 2.27. The van der Waals surface area contributed by atoms with Crippen LogP contribution in [0.15, 0.2) is 18.5 Å². The Morgan fingerprint density at radius 1 is 1.27 bits per heavy atom. The highest BCUT2D eigenvalue weighted by molar-refractivity contribution is 6.35. The van der Waals surface area contributed by atoms with Gasteiger partial charge >= 0.3 is 0 Å². The summed E-state index contributed by atoms with van der Waals surface area (Å²) < 4.78 is 2.16. The van der Waals surface area contributed by atoms with Gasteiger partial charge in [-0.15, -0.1) is 0 Å². The van der Waals surface area contributed by atoms with E-state index in [1.54, 1.807) is 6.20 Å². The third kappa shape index (κ3) is 1.63. The first kappa shape index (κ1) is 10.5. The summed E-state index contributed by atoms with van der Waals surface area (Å²) in [6.07, 6.45) is 3.55. The maximum absolute atomic E-state index is 6.12. The lowest BCUT2D eigenvalue weighted by molar-refractivity contribution is 0.547. The maximum Gasteiger partial charge on any atom is 0.0683 e. The number of halogens is 1. The van der Waals surface area contributed by atoms with Gasteiger partial charge in [-0.1, -0.05) is 32.4 Å². The minimum atomic E-state index is 0.122. The Balaban J connectivity index is 2.81. The molecule has 0 bridgehead atoms. The van der Waals surface area contributed by atoms with Crippen molar-refractivity contribution in [2.24, 2.45) is 7.05 Å². The van der Waals surface area contributed by atoms with Gasteiger partial charge in [0.1, 0.15) is 0 Å². The van der Waals surface area contributed by atoms with Crippen LogP contribution in [0.1, 0.15) is 26.5 Å². The van der Waals surface area contributed by atoms with Gasteiger partial charge in [0, 0.05) is 29.7 Å². The number of rotatable bonds is 0. The minimum absolute atomic E-state index is 0.122. The molecule has 3 heteroatoms. The lowest BCUT2D eigenvalue weighted by Gasteiger charge is -2.19. The molecule has 0 fully saturated rings. The zero-order chi connectivity index (χ0) is 11.2. The Bertz CT molecular complexity index is 506. The van der Waals surface area contributed by atoms with E-state index in [0.29, 0.717) is 0 Å². The van der Waals surface area contributed by atoms with E-state index in [0.717, 1.165) is 15.9 Å². The van der Waals surface area contributed by atoms with Crippen molar-refractivity contribution in [3.8, 4) is 0 Å². The molecule has 0 aromatic carbocycles. The summed E-state index contributed by atoms with van der Waals surface area (Å²) in [6.45, 7) is 6.59. The lowest BCUT2D eigenvalue weighted by atomic mass is 9.92. The molecule has 2 nitrogen and oxygen atoms in total. The molecule has 0 radical (unpaired) electrons. The number of pyridine rings is 1. The van der Waals surface area contributed by atoms with Crippen LogP contribution in [-0.2, 0) is 12.5 Å². The van der Waals surface area contributed by atoms with Crippen LogP contribution in [0.5, 0.6) is 0 Å². The second-order valence-electron chi connectivity index (χ2n) is 4.89. The molecule has 0 aliphatic carbocycles. The van der Waals surface area contributed by atoms with Crippen molar-refractivity contribution < 1.29 is 0 Å². The van der Waals surface area contributed by atoms with Gasteiger partial charge in [-0.3, -0.25) is 4.98 Å². The molecule has 0 saturated heterocycles. The fourth-order valence-corrected chi connectivity index (χ4v) is 2.14. The minimum Gasteiger partial charge on any atom is -0.346 e. The van der Waals surface area contributed by atoms with Gasteiger partial charge in [-0.05, 0) is 6.07 Å². The number of aryl methyl sites for hydroxylation is 1. The number of aromatic nitrogens is 2. The molecule has 2 rings (SSSR count). The van der Waals surface area contributed by atoms with Gasteiger partial charge in [0.05, 0.1) is 16.7 Å². The van der Waals surface area contributed by atoms with Gasteiger partial charge < -0.3 is 4.57 Å². The number of hydrogen-bond acceptors (Lipinski definition) is 1. The molecule has 2 aromatic rings. The van der Waals surface area contributed by atoms with Crippen LogP contribution in [0.2, 0.25) is 5.02 Å². The lowest BCUT2D eigenvalue weighted by Crippen LogP contribution is -2.15. The molecule has 0 amide bonds. The van der Waals surface area contributed by atoms with Gasteiger partial charge in [-0.25, -0.2) is 0 Å². The average molecular weight is 223 g/mol. The molecule has 0 unspecified atom stereocenters. The largest absolute Gasteiger partial charge is 0.346 e. The van der Waals surface area contributed by atoms with E-state index in [1.165, 1.54) is 5.69 Å². The first-order chi connectivity index (χ1) is 6.91. The second-order valence-corrected chi connectivity index (χ2v) is 5.30.